The van der Waals surface area contributed by atoms with Crippen LogP contribution in [-0.2, 0) is 0 Å². The fraction of sp³-hybridized carbons (Fsp3) is 0.462. The molecule has 0 aliphatic carbocycles. The van der Waals surface area contributed by atoms with Crippen molar-refractivity contribution in [1.82, 2.24) is 4.90 Å². The van der Waals surface area contributed by atoms with Gasteiger partial charge in [-0.3, -0.25) is 4.79 Å². The lowest BCUT2D eigenvalue weighted by molar-refractivity contribution is 0.0743. The van der Waals surface area contributed by atoms with Gasteiger partial charge in [0.05, 0.1) is 5.56 Å². The summed E-state index contributed by atoms with van der Waals surface area (Å²) in [7, 11) is 0. The Balaban J connectivity index is 2.23. The normalized spacial score (nSPS) is 18.8. The van der Waals surface area contributed by atoms with Gasteiger partial charge in [-0.15, -0.1) is 12.6 Å². The molecule has 0 radical (unpaired) electrons. The first-order valence-corrected chi connectivity index (χ1v) is 7.24. The van der Waals surface area contributed by atoms with Gasteiger partial charge in [0.1, 0.15) is 5.82 Å². The molecular formula is C13H16FNOS2. The lowest BCUT2D eigenvalue weighted by Crippen LogP contribution is -2.46. The van der Waals surface area contributed by atoms with Crippen molar-refractivity contribution in [2.75, 3.05) is 18.8 Å². The van der Waals surface area contributed by atoms with E-state index in [1.165, 1.54) is 12.1 Å². The molecule has 1 aromatic carbocycles. The van der Waals surface area contributed by atoms with E-state index in [0.29, 0.717) is 18.0 Å². The Bertz CT molecular complexity index is 476. The predicted molar refractivity (Wildman–Crippen MR) is 76.1 cm³/mol. The smallest absolute Gasteiger partial charge is 0.256 e. The lowest BCUT2D eigenvalue weighted by Gasteiger charge is -2.37. The van der Waals surface area contributed by atoms with Gasteiger partial charge in [-0.2, -0.15) is 11.8 Å². The van der Waals surface area contributed by atoms with Crippen LogP contribution in [0.1, 0.15) is 24.2 Å². The molecule has 2 nitrogen and oxygen atoms in total. The monoisotopic (exact) mass is 285 g/mol. The third-order valence-electron chi connectivity index (χ3n) is 2.89. The SMILES string of the molecule is CC1(C)CN(C(=O)c2cc(S)ccc2F)CCS1. The Morgan fingerprint density at radius 2 is 2.22 bits per heavy atom. The number of halogens is 1. The van der Waals surface area contributed by atoms with E-state index in [2.05, 4.69) is 26.5 Å². The van der Waals surface area contributed by atoms with E-state index in [0.717, 1.165) is 5.75 Å². The second-order valence-electron chi connectivity index (χ2n) is 5.00. The number of carbonyl (C=O) groups excluding carboxylic acids is 1. The van der Waals surface area contributed by atoms with Crippen LogP contribution >= 0.6 is 24.4 Å². The largest absolute Gasteiger partial charge is 0.336 e. The highest BCUT2D eigenvalue weighted by molar-refractivity contribution is 8.00. The maximum atomic E-state index is 13.7. The molecule has 0 atom stereocenters. The molecule has 1 aromatic rings. The van der Waals surface area contributed by atoms with Gasteiger partial charge in [-0.1, -0.05) is 0 Å². The minimum Gasteiger partial charge on any atom is -0.336 e. The standard InChI is InChI=1S/C13H16FNOS2/c1-13(2)8-15(5-6-18-13)12(16)10-7-9(17)3-4-11(10)14/h3-4,7,17H,5-6,8H2,1-2H3. The Hall–Kier alpha value is -0.680. The summed E-state index contributed by atoms with van der Waals surface area (Å²) in [4.78, 5) is 14.6. The maximum absolute atomic E-state index is 13.7. The molecule has 0 bridgehead atoms. The average Bonchev–Trinajstić information content (AvgIpc) is 2.30. The number of nitrogens with zero attached hydrogens (tertiary/aromatic N) is 1. The zero-order chi connectivity index (χ0) is 13.3. The van der Waals surface area contributed by atoms with Gasteiger partial charge in [-0.25, -0.2) is 4.39 Å². The van der Waals surface area contributed by atoms with E-state index in [4.69, 9.17) is 0 Å². The highest BCUT2D eigenvalue weighted by atomic mass is 32.2. The first-order valence-electron chi connectivity index (χ1n) is 5.81. The summed E-state index contributed by atoms with van der Waals surface area (Å²) in [6, 6.07) is 4.33. The highest BCUT2D eigenvalue weighted by Crippen LogP contribution is 2.30. The van der Waals surface area contributed by atoms with Crippen LogP contribution in [0.15, 0.2) is 23.1 Å². The number of thiol groups is 1. The van der Waals surface area contributed by atoms with E-state index in [1.54, 1.807) is 11.0 Å². The van der Waals surface area contributed by atoms with Crippen LogP contribution in [0.4, 0.5) is 4.39 Å². The molecule has 1 amide bonds. The van der Waals surface area contributed by atoms with Crippen LogP contribution in [0, 0.1) is 5.82 Å². The van der Waals surface area contributed by atoms with Crippen molar-refractivity contribution < 1.29 is 9.18 Å². The van der Waals surface area contributed by atoms with E-state index < -0.39 is 5.82 Å². The van der Waals surface area contributed by atoms with Crippen molar-refractivity contribution in [3.8, 4) is 0 Å². The summed E-state index contributed by atoms with van der Waals surface area (Å²) in [5.41, 5.74) is 0.116. The number of thioether (sulfide) groups is 1. The van der Waals surface area contributed by atoms with Gasteiger partial charge >= 0.3 is 0 Å². The van der Waals surface area contributed by atoms with Crippen molar-refractivity contribution in [1.29, 1.82) is 0 Å². The molecule has 18 heavy (non-hydrogen) atoms. The van der Waals surface area contributed by atoms with Crippen LogP contribution in [-0.4, -0.2) is 34.4 Å². The molecular weight excluding hydrogens is 269 g/mol. The molecule has 2 rings (SSSR count). The summed E-state index contributed by atoms with van der Waals surface area (Å²) in [6.45, 7) is 5.51. The van der Waals surface area contributed by atoms with Crippen LogP contribution < -0.4 is 0 Å². The first kappa shape index (κ1) is 13.7. The Kier molecular flexibility index (Phi) is 3.92. The molecule has 1 aliphatic heterocycles. The quantitative estimate of drug-likeness (QED) is 0.800. The van der Waals surface area contributed by atoms with Gasteiger partial charge < -0.3 is 4.90 Å². The fourth-order valence-electron chi connectivity index (χ4n) is 2.04. The van der Waals surface area contributed by atoms with Crippen molar-refractivity contribution in [2.45, 2.75) is 23.5 Å². The molecule has 1 saturated heterocycles. The Morgan fingerprint density at radius 1 is 1.50 bits per heavy atom. The van der Waals surface area contributed by atoms with Gasteiger partial charge in [-0.05, 0) is 32.0 Å². The molecule has 0 unspecified atom stereocenters. The van der Waals surface area contributed by atoms with E-state index in [-0.39, 0.29) is 16.2 Å². The van der Waals surface area contributed by atoms with Crippen LogP contribution in [0.3, 0.4) is 0 Å². The van der Waals surface area contributed by atoms with E-state index >= 15 is 0 Å². The van der Waals surface area contributed by atoms with Crippen LogP contribution in [0.2, 0.25) is 0 Å². The summed E-state index contributed by atoms with van der Waals surface area (Å²) in [5.74, 6) is 0.173. The topological polar surface area (TPSA) is 20.3 Å². The molecule has 0 saturated carbocycles. The van der Waals surface area contributed by atoms with Gasteiger partial charge in [0.2, 0.25) is 0 Å². The first-order chi connectivity index (χ1) is 8.39. The summed E-state index contributed by atoms with van der Waals surface area (Å²) in [6.07, 6.45) is 0. The Morgan fingerprint density at radius 3 is 2.89 bits per heavy atom. The molecule has 0 spiro atoms. The second kappa shape index (κ2) is 5.13. The molecule has 0 N–H and O–H groups in total. The minimum atomic E-state index is -0.478. The number of hydrogen-bond acceptors (Lipinski definition) is 3. The second-order valence-corrected chi connectivity index (χ2v) is 7.32. The number of carbonyl (C=O) groups is 1. The zero-order valence-corrected chi connectivity index (χ0v) is 12.2. The molecule has 1 aliphatic rings. The third-order valence-corrected chi connectivity index (χ3v) is 4.47. The van der Waals surface area contributed by atoms with Crippen LogP contribution in [0.25, 0.3) is 0 Å². The van der Waals surface area contributed by atoms with Crippen LogP contribution in [0.5, 0.6) is 0 Å². The summed E-state index contributed by atoms with van der Waals surface area (Å²) in [5, 5.41) is 0. The predicted octanol–water partition coefficient (Wildman–Crippen LogP) is 3.08. The average molecular weight is 285 g/mol. The fourth-order valence-corrected chi connectivity index (χ4v) is 3.35. The van der Waals surface area contributed by atoms with Crippen molar-refractivity contribution >= 4 is 30.3 Å². The molecule has 5 heteroatoms. The third kappa shape index (κ3) is 3.01. The lowest BCUT2D eigenvalue weighted by atomic mass is 10.1. The number of hydrogen-bond donors (Lipinski definition) is 1. The molecule has 98 valence electrons. The zero-order valence-electron chi connectivity index (χ0n) is 10.4. The highest BCUT2D eigenvalue weighted by Gasteiger charge is 2.31. The number of benzene rings is 1. The van der Waals surface area contributed by atoms with Crippen molar-refractivity contribution in [3.05, 3.63) is 29.6 Å². The molecule has 1 fully saturated rings. The van der Waals surface area contributed by atoms with Gasteiger partial charge in [0.15, 0.2) is 0 Å². The van der Waals surface area contributed by atoms with E-state index in [9.17, 15) is 9.18 Å². The molecule has 0 aromatic heterocycles. The minimum absolute atomic E-state index is 0.0307. The maximum Gasteiger partial charge on any atom is 0.256 e. The summed E-state index contributed by atoms with van der Waals surface area (Å²) >= 11 is 5.99. The van der Waals surface area contributed by atoms with Gasteiger partial charge in [0, 0.05) is 28.5 Å². The van der Waals surface area contributed by atoms with Crippen molar-refractivity contribution in [3.63, 3.8) is 0 Å². The van der Waals surface area contributed by atoms with E-state index in [1.807, 2.05) is 11.8 Å². The molecule has 1 heterocycles. The van der Waals surface area contributed by atoms with Gasteiger partial charge in [0.25, 0.3) is 5.91 Å². The summed E-state index contributed by atoms with van der Waals surface area (Å²) < 4.78 is 13.7. The number of rotatable bonds is 1. The van der Waals surface area contributed by atoms with Crippen molar-refractivity contribution in [2.24, 2.45) is 0 Å². The number of amides is 1. The Labute approximate surface area is 116 Å².